The van der Waals surface area contributed by atoms with Gasteiger partial charge < -0.3 is 10.6 Å². The smallest absolute Gasteiger partial charge is 0.287 e. The maximum Gasteiger partial charge on any atom is 0.287 e. The van der Waals surface area contributed by atoms with E-state index in [1.807, 2.05) is 57.2 Å². The van der Waals surface area contributed by atoms with Crippen molar-refractivity contribution in [2.75, 3.05) is 0 Å². The van der Waals surface area contributed by atoms with Gasteiger partial charge in [-0.25, -0.2) is 4.98 Å². The molecule has 2 N–H and O–H groups in total. The van der Waals surface area contributed by atoms with Crippen LogP contribution in [-0.4, -0.2) is 27.2 Å². The first-order chi connectivity index (χ1) is 12.5. The first kappa shape index (κ1) is 17.7. The van der Waals surface area contributed by atoms with Crippen LogP contribution in [-0.2, 0) is 0 Å². The van der Waals surface area contributed by atoms with Gasteiger partial charge in [0.15, 0.2) is 5.69 Å². The average molecular weight is 350 g/mol. The minimum absolute atomic E-state index is 0.0195. The number of imidazole rings is 1. The second-order valence-electron chi connectivity index (χ2n) is 6.47. The van der Waals surface area contributed by atoms with Gasteiger partial charge in [0.25, 0.3) is 11.8 Å². The predicted molar refractivity (Wildman–Crippen MR) is 100 cm³/mol. The molecule has 0 radical (unpaired) electrons. The minimum Gasteiger partial charge on any atom is -0.347 e. The molecule has 0 bridgehead atoms. The summed E-state index contributed by atoms with van der Waals surface area (Å²) in [7, 11) is 0. The number of benzene rings is 1. The zero-order valence-corrected chi connectivity index (χ0v) is 15.1. The first-order valence-corrected chi connectivity index (χ1v) is 8.61. The lowest BCUT2D eigenvalue weighted by atomic mass is 10.1. The maximum absolute atomic E-state index is 12.8. The van der Waals surface area contributed by atoms with Gasteiger partial charge in [-0.1, -0.05) is 36.4 Å². The minimum atomic E-state index is -0.311. The molecule has 0 saturated carbocycles. The van der Waals surface area contributed by atoms with E-state index in [9.17, 15) is 9.59 Å². The Morgan fingerprint density at radius 1 is 0.923 bits per heavy atom. The number of fused-ring (bicyclic) bond motifs is 1. The molecule has 0 spiro atoms. The number of carbonyl (C=O) groups is 2. The van der Waals surface area contributed by atoms with Crippen LogP contribution in [0.25, 0.3) is 5.52 Å². The molecule has 26 heavy (non-hydrogen) atoms. The summed E-state index contributed by atoms with van der Waals surface area (Å²) >= 11 is 0. The zero-order valence-electron chi connectivity index (χ0n) is 15.1. The van der Waals surface area contributed by atoms with E-state index in [2.05, 4.69) is 15.6 Å². The van der Waals surface area contributed by atoms with Gasteiger partial charge in [-0.05, 0) is 38.5 Å². The molecule has 0 aliphatic carbocycles. The van der Waals surface area contributed by atoms with Gasteiger partial charge in [0, 0.05) is 12.2 Å². The summed E-state index contributed by atoms with van der Waals surface area (Å²) in [6.45, 7) is 5.67. The van der Waals surface area contributed by atoms with E-state index in [1.54, 1.807) is 22.7 Å². The van der Waals surface area contributed by atoms with Gasteiger partial charge in [0.2, 0.25) is 5.82 Å². The molecule has 1 atom stereocenters. The normalized spacial score (nSPS) is 12.2. The van der Waals surface area contributed by atoms with Gasteiger partial charge in [-0.2, -0.15) is 0 Å². The SMILES string of the molecule is CC(C)NC(=O)c1nc(C(=O)NC(C)c2ccccc2)c2ccccn12. The third-order valence-corrected chi connectivity index (χ3v) is 4.03. The van der Waals surface area contributed by atoms with Crippen LogP contribution < -0.4 is 10.6 Å². The number of nitrogens with zero attached hydrogens (tertiary/aromatic N) is 2. The number of pyridine rings is 1. The van der Waals surface area contributed by atoms with Crippen molar-refractivity contribution in [2.45, 2.75) is 32.9 Å². The Morgan fingerprint density at radius 3 is 2.31 bits per heavy atom. The fourth-order valence-electron chi connectivity index (χ4n) is 2.78. The Hall–Kier alpha value is -3.15. The van der Waals surface area contributed by atoms with Crippen molar-refractivity contribution < 1.29 is 9.59 Å². The molecule has 0 saturated heterocycles. The van der Waals surface area contributed by atoms with E-state index >= 15 is 0 Å². The van der Waals surface area contributed by atoms with Crippen molar-refractivity contribution in [3.05, 3.63) is 71.8 Å². The number of carbonyl (C=O) groups excluding carboxylic acids is 2. The van der Waals surface area contributed by atoms with Crippen molar-refractivity contribution >= 4 is 17.3 Å². The van der Waals surface area contributed by atoms with Crippen LogP contribution in [0.4, 0.5) is 0 Å². The van der Waals surface area contributed by atoms with Crippen molar-refractivity contribution in [1.82, 2.24) is 20.0 Å². The predicted octanol–water partition coefficient (Wildman–Crippen LogP) is 2.96. The van der Waals surface area contributed by atoms with E-state index in [4.69, 9.17) is 0 Å². The van der Waals surface area contributed by atoms with Crippen LogP contribution in [0.5, 0.6) is 0 Å². The second kappa shape index (κ2) is 7.39. The summed E-state index contributed by atoms with van der Waals surface area (Å²) in [5.41, 5.74) is 1.84. The number of rotatable bonds is 5. The third-order valence-electron chi connectivity index (χ3n) is 4.03. The lowest BCUT2D eigenvalue weighted by Gasteiger charge is -2.13. The van der Waals surface area contributed by atoms with Crippen LogP contribution in [0.15, 0.2) is 54.7 Å². The van der Waals surface area contributed by atoms with Crippen LogP contribution in [0, 0.1) is 0 Å². The lowest BCUT2D eigenvalue weighted by molar-refractivity contribution is 0.0932. The van der Waals surface area contributed by atoms with E-state index in [-0.39, 0.29) is 35.4 Å². The number of nitrogens with one attached hydrogen (secondary N) is 2. The molecule has 0 aliphatic heterocycles. The van der Waals surface area contributed by atoms with Crippen LogP contribution in [0.3, 0.4) is 0 Å². The van der Waals surface area contributed by atoms with E-state index in [0.717, 1.165) is 5.56 Å². The molecule has 3 rings (SSSR count). The molecule has 0 fully saturated rings. The highest BCUT2D eigenvalue weighted by molar-refractivity contribution is 6.02. The van der Waals surface area contributed by atoms with E-state index in [1.165, 1.54) is 0 Å². The molecule has 2 amide bonds. The molecule has 6 heteroatoms. The van der Waals surface area contributed by atoms with Gasteiger partial charge in [0.05, 0.1) is 11.6 Å². The molecule has 1 unspecified atom stereocenters. The summed E-state index contributed by atoms with van der Waals surface area (Å²) in [6.07, 6.45) is 1.73. The Labute approximate surface area is 152 Å². The quantitative estimate of drug-likeness (QED) is 0.743. The number of hydrogen-bond donors (Lipinski definition) is 2. The Bertz CT molecular complexity index is 931. The summed E-state index contributed by atoms with van der Waals surface area (Å²) in [6, 6.07) is 14.9. The summed E-state index contributed by atoms with van der Waals surface area (Å²) in [5, 5.41) is 5.77. The van der Waals surface area contributed by atoms with Gasteiger partial charge >= 0.3 is 0 Å². The number of hydrogen-bond acceptors (Lipinski definition) is 3. The molecular weight excluding hydrogens is 328 g/mol. The fourth-order valence-corrected chi connectivity index (χ4v) is 2.78. The largest absolute Gasteiger partial charge is 0.347 e. The van der Waals surface area contributed by atoms with E-state index in [0.29, 0.717) is 5.52 Å². The number of amides is 2. The van der Waals surface area contributed by atoms with Crippen molar-refractivity contribution in [2.24, 2.45) is 0 Å². The summed E-state index contributed by atoms with van der Waals surface area (Å²) < 4.78 is 1.64. The maximum atomic E-state index is 12.8. The molecule has 3 aromatic rings. The topological polar surface area (TPSA) is 75.5 Å². The summed E-state index contributed by atoms with van der Waals surface area (Å²) in [4.78, 5) is 29.5. The molecule has 2 aromatic heterocycles. The van der Waals surface area contributed by atoms with Crippen molar-refractivity contribution in [3.8, 4) is 0 Å². The fraction of sp³-hybridized carbons (Fsp3) is 0.250. The zero-order chi connectivity index (χ0) is 18.7. The van der Waals surface area contributed by atoms with E-state index < -0.39 is 0 Å². The first-order valence-electron chi connectivity index (χ1n) is 8.61. The van der Waals surface area contributed by atoms with Gasteiger partial charge in [-0.15, -0.1) is 0 Å². The van der Waals surface area contributed by atoms with Crippen LogP contribution >= 0.6 is 0 Å². The summed E-state index contributed by atoms with van der Waals surface area (Å²) in [5.74, 6) is -0.420. The van der Waals surface area contributed by atoms with Crippen molar-refractivity contribution in [1.29, 1.82) is 0 Å². The highest BCUT2D eigenvalue weighted by atomic mass is 16.2. The Kier molecular flexibility index (Phi) is 5.02. The molecule has 1 aromatic carbocycles. The number of aromatic nitrogens is 2. The Morgan fingerprint density at radius 2 is 1.62 bits per heavy atom. The molecule has 134 valence electrons. The molecule has 6 nitrogen and oxygen atoms in total. The third kappa shape index (κ3) is 3.59. The van der Waals surface area contributed by atoms with Gasteiger partial charge in [0.1, 0.15) is 0 Å². The molecule has 2 heterocycles. The monoisotopic (exact) mass is 350 g/mol. The Balaban J connectivity index is 1.92. The highest BCUT2D eigenvalue weighted by Crippen LogP contribution is 2.16. The molecular formula is C20H22N4O2. The average Bonchev–Trinajstić information content (AvgIpc) is 3.02. The van der Waals surface area contributed by atoms with Crippen molar-refractivity contribution in [3.63, 3.8) is 0 Å². The van der Waals surface area contributed by atoms with Gasteiger partial charge in [-0.3, -0.25) is 14.0 Å². The molecule has 0 aliphatic rings. The highest BCUT2D eigenvalue weighted by Gasteiger charge is 2.22. The lowest BCUT2D eigenvalue weighted by Crippen LogP contribution is -2.31. The standard InChI is InChI=1S/C20H22N4O2/c1-13(2)21-20(26)18-23-17(16-11-7-8-12-24(16)18)19(25)22-14(3)15-9-5-4-6-10-15/h4-14H,1-3H3,(H,21,26)(H,22,25). The van der Waals surface area contributed by atoms with Crippen LogP contribution in [0.2, 0.25) is 0 Å². The van der Waals surface area contributed by atoms with Crippen LogP contribution in [0.1, 0.15) is 53.5 Å². The second-order valence-corrected chi connectivity index (χ2v) is 6.47.